The number of hydrogen-bond acceptors (Lipinski definition) is 0. The third-order valence-electron chi connectivity index (χ3n) is 10.5. The van der Waals surface area contributed by atoms with Crippen molar-refractivity contribution in [2.24, 2.45) is 0 Å². The molecule has 1 aliphatic rings. The molecule has 0 spiro atoms. The Labute approximate surface area is 258 Å². The van der Waals surface area contributed by atoms with Crippen molar-refractivity contribution < 1.29 is 0 Å². The van der Waals surface area contributed by atoms with E-state index in [1.165, 1.54) is 89.7 Å². The van der Waals surface area contributed by atoms with Gasteiger partial charge in [0.1, 0.15) is 0 Å². The van der Waals surface area contributed by atoms with Crippen molar-refractivity contribution in [3.8, 4) is 11.4 Å². The van der Waals surface area contributed by atoms with Gasteiger partial charge in [0.05, 0.1) is 22.1 Å². The van der Waals surface area contributed by atoms with Crippen LogP contribution in [0.5, 0.6) is 0 Å². The summed E-state index contributed by atoms with van der Waals surface area (Å²) in [6, 6.07) is 45.3. The summed E-state index contributed by atoms with van der Waals surface area (Å²) in [6.07, 6.45) is 2.41. The summed E-state index contributed by atoms with van der Waals surface area (Å²) in [6.45, 7) is 9.71. The first-order valence-corrected chi connectivity index (χ1v) is 15.9. The quantitative estimate of drug-likeness (QED) is 0.196. The lowest BCUT2D eigenvalue weighted by Crippen LogP contribution is -2.33. The van der Waals surface area contributed by atoms with Crippen LogP contribution in [0.25, 0.3) is 65.8 Å². The van der Waals surface area contributed by atoms with Crippen LogP contribution in [-0.4, -0.2) is 9.13 Å². The van der Waals surface area contributed by atoms with E-state index in [1.807, 2.05) is 0 Å². The van der Waals surface area contributed by atoms with Gasteiger partial charge in [0.15, 0.2) is 0 Å². The highest BCUT2D eigenvalue weighted by Gasteiger charge is 2.38. The first-order chi connectivity index (χ1) is 21.3. The molecule has 214 valence electrons. The Hall–Kier alpha value is -4.82. The third-order valence-corrected chi connectivity index (χ3v) is 10.5. The van der Waals surface area contributed by atoms with E-state index in [0.717, 1.165) is 0 Å². The molecular formula is C42H36N2. The Morgan fingerprint density at radius 1 is 0.409 bits per heavy atom. The fraction of sp³-hybridized carbons (Fsp3) is 0.190. The van der Waals surface area contributed by atoms with E-state index in [1.54, 1.807) is 0 Å². The Kier molecular flexibility index (Phi) is 5.17. The van der Waals surface area contributed by atoms with Crippen LogP contribution in [-0.2, 0) is 10.8 Å². The van der Waals surface area contributed by atoms with Crippen molar-refractivity contribution in [3.63, 3.8) is 0 Å². The molecular weight excluding hydrogens is 532 g/mol. The number of aromatic nitrogens is 2. The minimum absolute atomic E-state index is 0.143. The maximum absolute atomic E-state index is 2.54. The van der Waals surface area contributed by atoms with Gasteiger partial charge in [0.2, 0.25) is 0 Å². The molecule has 0 unspecified atom stereocenters. The standard InChI is InChI=1S/C42H36N2/c1-41(2)20-21-42(3,4)36-26-40-32(23-35(36)41)34-25-38-33(24-39(34)43(40)29-14-6-5-7-15-29)31-16-10-11-17-37(31)44(38)30-19-18-27-12-8-9-13-28(27)22-30/h5-19,22-26H,20-21H2,1-4H3. The molecule has 2 aromatic heterocycles. The summed E-state index contributed by atoms with van der Waals surface area (Å²) in [5.41, 5.74) is 10.7. The molecule has 2 heteroatoms. The maximum Gasteiger partial charge on any atom is 0.0548 e. The summed E-state index contributed by atoms with van der Waals surface area (Å²) in [4.78, 5) is 0. The predicted molar refractivity (Wildman–Crippen MR) is 188 cm³/mol. The summed E-state index contributed by atoms with van der Waals surface area (Å²) in [5, 5.41) is 7.74. The molecule has 44 heavy (non-hydrogen) atoms. The third kappa shape index (κ3) is 3.54. The Balaban J connectivity index is 1.45. The predicted octanol–water partition coefficient (Wildman–Crippen LogP) is 11.4. The SMILES string of the molecule is CC1(C)CCC(C)(C)c2cc3c(cc21)c1cc2c(cc1n3-c1ccccc1)c1ccccc1n2-c1ccc2ccccc2c1. The van der Waals surface area contributed by atoms with E-state index < -0.39 is 0 Å². The summed E-state index contributed by atoms with van der Waals surface area (Å²) < 4.78 is 4.97. The van der Waals surface area contributed by atoms with Gasteiger partial charge < -0.3 is 9.13 Å². The van der Waals surface area contributed by atoms with Gasteiger partial charge in [0.25, 0.3) is 0 Å². The van der Waals surface area contributed by atoms with E-state index in [2.05, 4.69) is 158 Å². The van der Waals surface area contributed by atoms with Crippen LogP contribution < -0.4 is 0 Å². The zero-order valence-electron chi connectivity index (χ0n) is 25.9. The van der Waals surface area contributed by atoms with Gasteiger partial charge in [-0.1, -0.05) is 94.4 Å². The van der Waals surface area contributed by atoms with E-state index in [9.17, 15) is 0 Å². The molecule has 9 rings (SSSR count). The molecule has 0 saturated heterocycles. The molecule has 0 atom stereocenters. The van der Waals surface area contributed by atoms with Crippen LogP contribution in [0.1, 0.15) is 51.7 Å². The molecule has 0 saturated carbocycles. The maximum atomic E-state index is 2.54. The molecule has 2 heterocycles. The molecule has 0 fully saturated rings. The van der Waals surface area contributed by atoms with Gasteiger partial charge >= 0.3 is 0 Å². The summed E-state index contributed by atoms with van der Waals surface area (Å²) in [7, 11) is 0. The van der Waals surface area contributed by atoms with Crippen LogP contribution >= 0.6 is 0 Å². The second kappa shape index (κ2) is 8.86. The molecule has 0 amide bonds. The van der Waals surface area contributed by atoms with Crippen molar-refractivity contribution in [3.05, 3.63) is 132 Å². The lowest BCUT2D eigenvalue weighted by molar-refractivity contribution is 0.332. The van der Waals surface area contributed by atoms with Crippen molar-refractivity contribution in [1.29, 1.82) is 0 Å². The molecule has 0 aliphatic heterocycles. The van der Waals surface area contributed by atoms with Crippen LogP contribution in [0.4, 0.5) is 0 Å². The summed E-state index contributed by atoms with van der Waals surface area (Å²) in [5.74, 6) is 0. The Morgan fingerprint density at radius 2 is 0.955 bits per heavy atom. The molecule has 1 aliphatic carbocycles. The summed E-state index contributed by atoms with van der Waals surface area (Å²) >= 11 is 0. The average molecular weight is 569 g/mol. The van der Waals surface area contributed by atoms with Gasteiger partial charge in [-0.2, -0.15) is 0 Å². The van der Waals surface area contributed by atoms with Crippen molar-refractivity contribution in [2.75, 3.05) is 0 Å². The number of para-hydroxylation sites is 2. The highest BCUT2D eigenvalue weighted by atomic mass is 15.0. The highest BCUT2D eigenvalue weighted by Crippen LogP contribution is 2.49. The molecule has 6 aromatic carbocycles. The van der Waals surface area contributed by atoms with Crippen LogP contribution in [0.3, 0.4) is 0 Å². The first-order valence-electron chi connectivity index (χ1n) is 15.9. The molecule has 0 N–H and O–H groups in total. The van der Waals surface area contributed by atoms with Gasteiger partial charge in [-0.25, -0.2) is 0 Å². The van der Waals surface area contributed by atoms with Gasteiger partial charge in [0, 0.05) is 32.9 Å². The van der Waals surface area contributed by atoms with E-state index in [-0.39, 0.29) is 10.8 Å². The monoisotopic (exact) mass is 568 g/mol. The average Bonchev–Trinajstić information content (AvgIpc) is 3.53. The number of hydrogen-bond donors (Lipinski definition) is 0. The van der Waals surface area contributed by atoms with E-state index >= 15 is 0 Å². The zero-order chi connectivity index (χ0) is 29.8. The minimum atomic E-state index is 0.143. The smallest absolute Gasteiger partial charge is 0.0548 e. The number of rotatable bonds is 2. The molecule has 8 aromatic rings. The zero-order valence-corrected chi connectivity index (χ0v) is 25.9. The van der Waals surface area contributed by atoms with Crippen LogP contribution in [0, 0.1) is 0 Å². The second-order valence-corrected chi connectivity index (χ2v) is 14.1. The van der Waals surface area contributed by atoms with E-state index in [4.69, 9.17) is 0 Å². The molecule has 2 nitrogen and oxygen atoms in total. The fourth-order valence-electron chi connectivity index (χ4n) is 7.99. The second-order valence-electron chi connectivity index (χ2n) is 14.1. The van der Waals surface area contributed by atoms with E-state index in [0.29, 0.717) is 0 Å². The highest BCUT2D eigenvalue weighted by molar-refractivity contribution is 6.19. The largest absolute Gasteiger partial charge is 0.309 e. The Bertz CT molecular complexity index is 2430. The molecule has 0 radical (unpaired) electrons. The number of benzene rings is 6. The lowest BCUT2D eigenvalue weighted by atomic mass is 9.63. The number of nitrogens with zero attached hydrogens (tertiary/aromatic N) is 2. The van der Waals surface area contributed by atoms with Gasteiger partial charge in [-0.15, -0.1) is 0 Å². The van der Waals surface area contributed by atoms with Crippen LogP contribution in [0.15, 0.2) is 121 Å². The normalized spacial score (nSPS) is 15.9. The molecule has 0 bridgehead atoms. The van der Waals surface area contributed by atoms with Crippen LogP contribution in [0.2, 0.25) is 0 Å². The number of fused-ring (bicyclic) bond motifs is 8. The first kappa shape index (κ1) is 25.7. The van der Waals surface area contributed by atoms with Crippen molar-refractivity contribution in [2.45, 2.75) is 51.4 Å². The van der Waals surface area contributed by atoms with Gasteiger partial charge in [-0.05, 0) is 100 Å². The van der Waals surface area contributed by atoms with Gasteiger partial charge in [-0.3, -0.25) is 0 Å². The fourth-order valence-corrected chi connectivity index (χ4v) is 7.99. The van der Waals surface area contributed by atoms with Crippen molar-refractivity contribution in [1.82, 2.24) is 9.13 Å². The Morgan fingerprint density at radius 3 is 1.70 bits per heavy atom. The minimum Gasteiger partial charge on any atom is -0.309 e. The lowest BCUT2D eigenvalue weighted by Gasteiger charge is -2.42. The topological polar surface area (TPSA) is 9.86 Å². The van der Waals surface area contributed by atoms with Crippen molar-refractivity contribution >= 4 is 54.4 Å².